The topological polar surface area (TPSA) is 122 Å². The molecule has 0 atom stereocenters. The molecule has 0 aromatic carbocycles. The molecular formula is C25H30N8O4. The summed E-state index contributed by atoms with van der Waals surface area (Å²) < 4.78 is 16.0. The minimum Gasteiger partial charge on any atom is -0.466 e. The van der Waals surface area contributed by atoms with Crippen molar-refractivity contribution < 1.29 is 19.1 Å². The number of hydrogen-bond acceptors (Lipinski definition) is 8. The van der Waals surface area contributed by atoms with Crippen LogP contribution in [-0.2, 0) is 26.9 Å². The molecule has 0 spiro atoms. The molecule has 0 N–H and O–H groups in total. The van der Waals surface area contributed by atoms with Crippen LogP contribution in [0, 0.1) is 0 Å². The predicted molar refractivity (Wildman–Crippen MR) is 133 cm³/mol. The summed E-state index contributed by atoms with van der Waals surface area (Å²) in [6.45, 7) is 8.04. The number of carbonyl (C=O) groups is 2. The molecule has 0 saturated carbocycles. The molecule has 0 unspecified atom stereocenters. The van der Waals surface area contributed by atoms with Crippen LogP contribution in [0.3, 0.4) is 0 Å². The fraction of sp³-hybridized carbons (Fsp3) is 0.440. The first-order valence-electron chi connectivity index (χ1n) is 12.1. The van der Waals surface area contributed by atoms with Crippen molar-refractivity contribution >= 4 is 17.6 Å². The fourth-order valence-electron chi connectivity index (χ4n) is 4.47. The van der Waals surface area contributed by atoms with E-state index in [9.17, 15) is 9.59 Å². The van der Waals surface area contributed by atoms with Gasteiger partial charge in [0.25, 0.3) is 0 Å². The van der Waals surface area contributed by atoms with Gasteiger partial charge < -0.3 is 14.4 Å². The number of hydrogen-bond donors (Lipinski definition) is 0. The Labute approximate surface area is 213 Å². The second kappa shape index (κ2) is 9.02. The highest BCUT2D eigenvalue weighted by Gasteiger charge is 2.50. The van der Waals surface area contributed by atoms with Crippen LogP contribution in [-0.4, -0.2) is 76.4 Å². The number of carbonyl (C=O) groups excluding carboxylic acids is 2. The lowest BCUT2D eigenvalue weighted by Gasteiger charge is -2.49. The first kappa shape index (κ1) is 24.5. The van der Waals surface area contributed by atoms with Crippen molar-refractivity contribution in [2.75, 3.05) is 19.7 Å². The van der Waals surface area contributed by atoms with Gasteiger partial charge in [0.2, 0.25) is 0 Å². The maximum Gasteiger partial charge on any atom is 0.410 e. The van der Waals surface area contributed by atoms with Gasteiger partial charge in [-0.1, -0.05) is 0 Å². The third-order valence-corrected chi connectivity index (χ3v) is 6.13. The lowest BCUT2D eigenvalue weighted by atomic mass is 9.86. The molecule has 1 aliphatic heterocycles. The summed E-state index contributed by atoms with van der Waals surface area (Å²) in [7, 11) is 1.85. The van der Waals surface area contributed by atoms with Crippen LogP contribution >= 0.6 is 0 Å². The van der Waals surface area contributed by atoms with E-state index in [1.807, 2.05) is 52.5 Å². The van der Waals surface area contributed by atoms with Crippen molar-refractivity contribution in [2.45, 2.75) is 45.3 Å². The van der Waals surface area contributed by atoms with E-state index in [0.29, 0.717) is 11.4 Å². The lowest BCUT2D eigenvalue weighted by molar-refractivity contribution is -0.149. The van der Waals surface area contributed by atoms with Crippen LogP contribution < -0.4 is 0 Å². The molecule has 0 aliphatic carbocycles. The molecule has 1 amide bonds. The molecule has 4 aromatic heterocycles. The molecule has 5 rings (SSSR count). The number of rotatable bonds is 6. The summed E-state index contributed by atoms with van der Waals surface area (Å²) in [5.74, 6) is -0.349. The summed E-state index contributed by atoms with van der Waals surface area (Å²) in [4.78, 5) is 31.6. The smallest absolute Gasteiger partial charge is 0.410 e. The van der Waals surface area contributed by atoms with Crippen LogP contribution in [0.25, 0.3) is 28.0 Å². The Morgan fingerprint density at radius 2 is 1.81 bits per heavy atom. The van der Waals surface area contributed by atoms with E-state index in [0.717, 1.165) is 16.6 Å². The van der Waals surface area contributed by atoms with Gasteiger partial charge in [0, 0.05) is 30.6 Å². The third kappa shape index (κ3) is 4.78. The Balaban J connectivity index is 1.48. The first-order valence-corrected chi connectivity index (χ1v) is 12.1. The van der Waals surface area contributed by atoms with Crippen LogP contribution in [0.15, 0.2) is 43.2 Å². The summed E-state index contributed by atoms with van der Waals surface area (Å²) in [5.41, 5.74) is 2.48. The Morgan fingerprint density at radius 3 is 2.49 bits per heavy atom. The van der Waals surface area contributed by atoms with Gasteiger partial charge in [-0.15, -0.1) is 0 Å². The van der Waals surface area contributed by atoms with Crippen molar-refractivity contribution in [3.8, 4) is 22.5 Å². The summed E-state index contributed by atoms with van der Waals surface area (Å²) in [5, 5.41) is 13.3. The molecular weight excluding hydrogens is 476 g/mol. The largest absolute Gasteiger partial charge is 0.466 e. The molecule has 12 nitrogen and oxygen atoms in total. The van der Waals surface area contributed by atoms with E-state index in [1.165, 1.54) is 0 Å². The minimum atomic E-state index is -0.751. The van der Waals surface area contributed by atoms with Crippen molar-refractivity contribution in [1.82, 2.24) is 39.1 Å². The number of aryl methyl sites for hydroxylation is 1. The average molecular weight is 507 g/mol. The monoisotopic (exact) mass is 506 g/mol. The van der Waals surface area contributed by atoms with Crippen LogP contribution in [0.5, 0.6) is 0 Å². The van der Waals surface area contributed by atoms with E-state index in [2.05, 4.69) is 15.3 Å². The van der Waals surface area contributed by atoms with Crippen molar-refractivity contribution in [3.63, 3.8) is 0 Å². The van der Waals surface area contributed by atoms with E-state index >= 15 is 0 Å². The number of nitrogens with zero attached hydrogens (tertiary/aromatic N) is 8. The third-order valence-electron chi connectivity index (χ3n) is 6.13. The van der Waals surface area contributed by atoms with Gasteiger partial charge in [0.05, 0.1) is 67.8 Å². The average Bonchev–Trinajstić information content (AvgIpc) is 3.54. The SMILES string of the molecule is CCOC(=O)CC1(n2cc(-c3nc(-c4cnn(C)c4)cn4nccc34)cn2)CN(C(=O)OC(C)(C)C)C1. The van der Waals surface area contributed by atoms with Crippen molar-refractivity contribution in [3.05, 3.63) is 43.2 Å². The minimum absolute atomic E-state index is 0.0759. The van der Waals surface area contributed by atoms with Crippen LogP contribution in [0.1, 0.15) is 34.1 Å². The molecule has 4 aromatic rings. The zero-order valence-electron chi connectivity index (χ0n) is 21.6. The number of amides is 1. The number of likely N-dealkylation sites (tertiary alicyclic amines) is 1. The van der Waals surface area contributed by atoms with Gasteiger partial charge in [0.1, 0.15) is 11.1 Å². The van der Waals surface area contributed by atoms with Crippen LogP contribution in [0.4, 0.5) is 4.79 Å². The maximum atomic E-state index is 12.6. The number of aromatic nitrogens is 7. The maximum absolute atomic E-state index is 12.6. The fourth-order valence-corrected chi connectivity index (χ4v) is 4.47. The normalized spacial score (nSPS) is 15.0. The summed E-state index contributed by atoms with van der Waals surface area (Å²) in [6.07, 6.45) is 10.4. The molecule has 1 saturated heterocycles. The second-order valence-corrected chi connectivity index (χ2v) is 10.3. The zero-order chi connectivity index (χ0) is 26.4. The number of fused-ring (bicyclic) bond motifs is 1. The van der Waals surface area contributed by atoms with Gasteiger partial charge in [-0.2, -0.15) is 15.3 Å². The first-order chi connectivity index (χ1) is 17.6. The molecule has 1 fully saturated rings. The number of esters is 1. The van der Waals surface area contributed by atoms with E-state index in [1.54, 1.807) is 44.3 Å². The van der Waals surface area contributed by atoms with E-state index in [-0.39, 0.29) is 32.1 Å². The Kier molecular flexibility index (Phi) is 5.97. The summed E-state index contributed by atoms with van der Waals surface area (Å²) in [6, 6.07) is 1.88. The van der Waals surface area contributed by atoms with Gasteiger partial charge in [-0.25, -0.2) is 14.3 Å². The van der Waals surface area contributed by atoms with Gasteiger partial charge >= 0.3 is 12.1 Å². The van der Waals surface area contributed by atoms with Crippen molar-refractivity contribution in [1.29, 1.82) is 0 Å². The Morgan fingerprint density at radius 1 is 1.05 bits per heavy atom. The van der Waals surface area contributed by atoms with E-state index < -0.39 is 17.2 Å². The Bertz CT molecular complexity index is 1450. The van der Waals surface area contributed by atoms with Gasteiger partial charge in [-0.3, -0.25) is 14.2 Å². The number of ether oxygens (including phenoxy) is 2. The second-order valence-electron chi connectivity index (χ2n) is 10.3. The quantitative estimate of drug-likeness (QED) is 0.366. The molecule has 37 heavy (non-hydrogen) atoms. The van der Waals surface area contributed by atoms with Crippen LogP contribution in [0.2, 0.25) is 0 Å². The predicted octanol–water partition coefficient (Wildman–Crippen LogP) is 2.89. The highest BCUT2D eigenvalue weighted by Crippen LogP contribution is 2.36. The Hall–Kier alpha value is -4.22. The zero-order valence-corrected chi connectivity index (χ0v) is 21.6. The molecule has 12 heteroatoms. The summed E-state index contributed by atoms with van der Waals surface area (Å²) >= 11 is 0. The standard InChI is InChI=1S/C25H30N8O4/c1-6-36-21(34)9-25(15-31(16-25)23(35)37-24(2,3)4)33-13-18(11-28-33)22-20-7-8-26-32(20)14-19(29-22)17-10-27-30(5)12-17/h7-8,10-14H,6,9,15-16H2,1-5H3. The highest BCUT2D eigenvalue weighted by molar-refractivity contribution is 5.78. The molecule has 1 aliphatic rings. The molecule has 194 valence electrons. The molecule has 0 radical (unpaired) electrons. The molecule has 5 heterocycles. The van der Waals surface area contributed by atoms with E-state index in [4.69, 9.17) is 14.5 Å². The molecule has 0 bridgehead atoms. The van der Waals surface area contributed by atoms with Crippen molar-refractivity contribution in [2.24, 2.45) is 7.05 Å². The lowest BCUT2D eigenvalue weighted by Crippen LogP contribution is -2.65. The van der Waals surface area contributed by atoms with Gasteiger partial charge in [0.15, 0.2) is 0 Å². The van der Waals surface area contributed by atoms with Gasteiger partial charge in [-0.05, 0) is 33.8 Å². The highest BCUT2D eigenvalue weighted by atomic mass is 16.6.